The molecule has 13 heavy (non-hydrogen) atoms. The number of carboxylic acid groups (broad SMARTS) is 1. The van der Waals surface area contributed by atoms with E-state index in [1.54, 1.807) is 0 Å². The molecule has 1 aliphatic carbocycles. The minimum absolute atomic E-state index is 0.0844. The van der Waals surface area contributed by atoms with Gasteiger partial charge in [-0.25, -0.2) is 0 Å². The molecule has 0 unspecified atom stereocenters. The van der Waals surface area contributed by atoms with E-state index in [0.717, 1.165) is 0 Å². The van der Waals surface area contributed by atoms with E-state index >= 15 is 0 Å². The normalized spacial score (nSPS) is 24.8. The van der Waals surface area contributed by atoms with E-state index < -0.39 is 5.97 Å². The van der Waals surface area contributed by atoms with E-state index in [0.29, 0.717) is 12.8 Å². The van der Waals surface area contributed by atoms with Crippen LogP contribution in [-0.2, 0) is 9.59 Å². The molecule has 0 bridgehead atoms. The second-order valence-electron chi connectivity index (χ2n) is 2.90. The van der Waals surface area contributed by atoms with E-state index in [1.165, 1.54) is 6.92 Å². The van der Waals surface area contributed by atoms with Crippen molar-refractivity contribution in [3.8, 4) is 0 Å². The van der Waals surface area contributed by atoms with E-state index in [9.17, 15) is 9.59 Å². The molecule has 1 saturated carbocycles. The van der Waals surface area contributed by atoms with Gasteiger partial charge in [-0.2, -0.15) is 0 Å². The lowest BCUT2D eigenvalue weighted by atomic mass is 9.80. The summed E-state index contributed by atoms with van der Waals surface area (Å²) in [6.45, 7) is 5.44. The van der Waals surface area contributed by atoms with Crippen molar-refractivity contribution in [3.63, 3.8) is 0 Å². The summed E-state index contributed by atoms with van der Waals surface area (Å²) in [7, 11) is 0. The van der Waals surface area contributed by atoms with Crippen molar-refractivity contribution >= 4 is 11.9 Å². The summed E-state index contributed by atoms with van der Waals surface area (Å²) in [6, 6.07) is 0.0913. The third-order valence-electron chi connectivity index (χ3n) is 1.89. The van der Waals surface area contributed by atoms with Gasteiger partial charge in [0.2, 0.25) is 5.91 Å². The topological polar surface area (TPSA) is 66.4 Å². The Morgan fingerprint density at radius 2 is 1.77 bits per heavy atom. The smallest absolute Gasteiger partial charge is 0.306 e. The van der Waals surface area contributed by atoms with Crippen LogP contribution in [0.2, 0.25) is 0 Å². The van der Waals surface area contributed by atoms with Crippen LogP contribution < -0.4 is 5.32 Å². The highest BCUT2D eigenvalue weighted by Gasteiger charge is 2.34. The highest BCUT2D eigenvalue weighted by molar-refractivity contribution is 5.75. The molecule has 0 aromatic rings. The molecule has 0 aliphatic heterocycles. The highest BCUT2D eigenvalue weighted by atomic mass is 16.4. The highest BCUT2D eigenvalue weighted by Crippen LogP contribution is 2.27. The maximum Gasteiger partial charge on any atom is 0.306 e. The van der Waals surface area contributed by atoms with Crippen LogP contribution in [0.1, 0.15) is 33.6 Å². The Morgan fingerprint density at radius 1 is 1.31 bits per heavy atom. The van der Waals surface area contributed by atoms with Crippen molar-refractivity contribution in [1.29, 1.82) is 0 Å². The molecule has 76 valence electrons. The fraction of sp³-hybridized carbons (Fsp3) is 0.778. The van der Waals surface area contributed by atoms with E-state index in [4.69, 9.17) is 5.11 Å². The Balaban J connectivity index is 0.000000671. The van der Waals surface area contributed by atoms with E-state index in [1.807, 2.05) is 13.8 Å². The SMILES string of the molecule is CC.CC(=O)NC1CC(C(=O)O)C1. The molecular formula is C9H17NO3. The third-order valence-corrected chi connectivity index (χ3v) is 1.89. The van der Waals surface area contributed by atoms with Gasteiger partial charge < -0.3 is 10.4 Å². The summed E-state index contributed by atoms with van der Waals surface area (Å²) < 4.78 is 0. The standard InChI is InChI=1S/C7H11NO3.C2H6/c1-4(9)8-6-2-5(3-6)7(10)11;1-2/h5-6H,2-3H2,1H3,(H,8,9)(H,10,11);1-2H3. The van der Waals surface area contributed by atoms with Gasteiger partial charge in [0.25, 0.3) is 0 Å². The number of hydrogen-bond donors (Lipinski definition) is 2. The molecule has 0 aromatic heterocycles. The lowest BCUT2D eigenvalue weighted by Gasteiger charge is -2.32. The summed E-state index contributed by atoms with van der Waals surface area (Å²) in [5, 5.41) is 11.1. The molecule has 1 amide bonds. The molecule has 1 rings (SSSR count). The van der Waals surface area contributed by atoms with Crippen LogP contribution in [0.25, 0.3) is 0 Å². The number of rotatable bonds is 2. The molecule has 2 N–H and O–H groups in total. The van der Waals surface area contributed by atoms with Gasteiger partial charge in [-0.1, -0.05) is 13.8 Å². The van der Waals surface area contributed by atoms with Crippen LogP contribution in [0.5, 0.6) is 0 Å². The third kappa shape index (κ3) is 3.92. The van der Waals surface area contributed by atoms with Crippen LogP contribution in [0.3, 0.4) is 0 Å². The lowest BCUT2D eigenvalue weighted by Crippen LogP contribution is -2.45. The Hall–Kier alpha value is -1.06. The van der Waals surface area contributed by atoms with Crippen LogP contribution in [0.15, 0.2) is 0 Å². The maximum absolute atomic E-state index is 10.5. The molecule has 0 spiro atoms. The quantitative estimate of drug-likeness (QED) is 0.678. The van der Waals surface area contributed by atoms with Crippen molar-refractivity contribution in [2.75, 3.05) is 0 Å². The number of hydrogen-bond acceptors (Lipinski definition) is 2. The fourth-order valence-electron chi connectivity index (χ4n) is 1.22. The van der Waals surface area contributed by atoms with Gasteiger partial charge in [-0.05, 0) is 12.8 Å². The fourth-order valence-corrected chi connectivity index (χ4v) is 1.22. The second kappa shape index (κ2) is 5.56. The Morgan fingerprint density at radius 3 is 2.08 bits per heavy atom. The molecule has 0 atom stereocenters. The Kier molecular flexibility index (Phi) is 5.11. The van der Waals surface area contributed by atoms with E-state index in [2.05, 4.69) is 5.32 Å². The van der Waals surface area contributed by atoms with Gasteiger partial charge >= 0.3 is 5.97 Å². The molecule has 0 heterocycles. The number of carboxylic acids is 1. The van der Waals surface area contributed by atoms with Gasteiger partial charge in [-0.3, -0.25) is 9.59 Å². The zero-order valence-electron chi connectivity index (χ0n) is 8.33. The summed E-state index contributed by atoms with van der Waals surface area (Å²) >= 11 is 0. The van der Waals surface area contributed by atoms with Gasteiger partial charge in [0, 0.05) is 13.0 Å². The number of nitrogens with one attached hydrogen (secondary N) is 1. The first-order valence-electron chi connectivity index (χ1n) is 4.59. The van der Waals surface area contributed by atoms with Crippen molar-refractivity contribution in [1.82, 2.24) is 5.32 Å². The first-order chi connectivity index (χ1) is 6.09. The minimum atomic E-state index is -0.758. The summed E-state index contributed by atoms with van der Waals surface area (Å²) in [5.74, 6) is -1.09. The average molecular weight is 187 g/mol. The number of aliphatic carboxylic acids is 1. The molecular weight excluding hydrogens is 170 g/mol. The monoisotopic (exact) mass is 187 g/mol. The molecule has 1 aliphatic rings. The predicted octanol–water partition coefficient (Wildman–Crippen LogP) is 1.01. The van der Waals surface area contributed by atoms with Gasteiger partial charge in [0.05, 0.1) is 5.92 Å². The van der Waals surface area contributed by atoms with Gasteiger partial charge in [-0.15, -0.1) is 0 Å². The first-order valence-corrected chi connectivity index (χ1v) is 4.59. The lowest BCUT2D eigenvalue weighted by molar-refractivity contribution is -0.146. The minimum Gasteiger partial charge on any atom is -0.481 e. The van der Waals surface area contributed by atoms with Crippen LogP contribution in [-0.4, -0.2) is 23.0 Å². The molecule has 4 nitrogen and oxygen atoms in total. The number of carbonyl (C=O) groups excluding carboxylic acids is 1. The zero-order chi connectivity index (χ0) is 10.4. The van der Waals surface area contributed by atoms with Crippen LogP contribution in [0.4, 0.5) is 0 Å². The summed E-state index contributed by atoms with van der Waals surface area (Å²) in [4.78, 5) is 20.8. The maximum atomic E-state index is 10.5. The number of carbonyl (C=O) groups is 2. The summed E-state index contributed by atoms with van der Waals surface area (Å²) in [6.07, 6.45) is 1.16. The zero-order valence-corrected chi connectivity index (χ0v) is 8.33. The molecule has 0 saturated heterocycles. The molecule has 4 heteroatoms. The average Bonchev–Trinajstić information content (AvgIpc) is 1.99. The Labute approximate surface area is 78.3 Å². The van der Waals surface area contributed by atoms with Crippen molar-refractivity contribution in [3.05, 3.63) is 0 Å². The summed E-state index contributed by atoms with van der Waals surface area (Å²) in [5.41, 5.74) is 0. The van der Waals surface area contributed by atoms with Crippen molar-refractivity contribution in [2.45, 2.75) is 39.7 Å². The van der Waals surface area contributed by atoms with Crippen LogP contribution in [0, 0.1) is 5.92 Å². The second-order valence-corrected chi connectivity index (χ2v) is 2.90. The number of amides is 1. The Bertz CT molecular complexity index is 185. The van der Waals surface area contributed by atoms with Crippen LogP contribution >= 0.6 is 0 Å². The van der Waals surface area contributed by atoms with Crippen molar-refractivity contribution < 1.29 is 14.7 Å². The van der Waals surface area contributed by atoms with Gasteiger partial charge in [0.1, 0.15) is 0 Å². The molecule has 0 aromatic carbocycles. The largest absolute Gasteiger partial charge is 0.481 e. The predicted molar refractivity (Wildman–Crippen MR) is 49.3 cm³/mol. The van der Waals surface area contributed by atoms with Gasteiger partial charge in [0.15, 0.2) is 0 Å². The first kappa shape index (κ1) is 11.9. The van der Waals surface area contributed by atoms with E-state index in [-0.39, 0.29) is 17.9 Å². The van der Waals surface area contributed by atoms with Crippen molar-refractivity contribution in [2.24, 2.45) is 5.92 Å². The molecule has 0 radical (unpaired) electrons. The molecule has 1 fully saturated rings.